The summed E-state index contributed by atoms with van der Waals surface area (Å²) in [5.74, 6) is -7.41. The Morgan fingerprint density at radius 1 is 1.08 bits per heavy atom. The van der Waals surface area contributed by atoms with Gasteiger partial charge in [0.05, 0.1) is 19.6 Å². The van der Waals surface area contributed by atoms with Gasteiger partial charge in [-0.1, -0.05) is 72.8 Å². The molecule has 0 bridgehead atoms. The fourth-order valence-electron chi connectivity index (χ4n) is 4.29. The van der Waals surface area contributed by atoms with E-state index in [0.29, 0.717) is 0 Å². The number of carbonyl (C=O) groups excluding carboxylic acids is 2. The number of hydrogen-bond acceptors (Lipinski definition) is 4. The first kappa shape index (κ1) is 29.2. The smallest absolute Gasteiger partial charge is 0.320 e. The van der Waals surface area contributed by atoms with E-state index in [4.69, 9.17) is 0 Å². The standard InChI is InChI=1S/C28H32F4N2O4/c1-38-25(36)15-17-27(29,30)16-8-18-34-23(20-33(26(34)37)19-21-9-4-2-5-10-21)13-14-24(35)28(31,32)22-11-6-3-7-12-22/h2-7,9-14,23-24,35H,8,15-20H2,1H3/b14-13+/t23-,24?/m0/s1. The molecule has 0 spiro atoms. The van der Waals surface area contributed by atoms with Gasteiger partial charge in [0, 0.05) is 38.0 Å². The van der Waals surface area contributed by atoms with Crippen LogP contribution in [0.15, 0.2) is 72.8 Å². The van der Waals surface area contributed by atoms with Crippen LogP contribution in [0, 0.1) is 0 Å². The molecule has 0 radical (unpaired) electrons. The molecule has 2 atom stereocenters. The quantitative estimate of drug-likeness (QED) is 0.212. The predicted octanol–water partition coefficient (Wildman–Crippen LogP) is 5.37. The topological polar surface area (TPSA) is 70.1 Å². The number of esters is 1. The van der Waals surface area contributed by atoms with Crippen LogP contribution in [0.1, 0.15) is 36.8 Å². The molecule has 1 fully saturated rings. The molecule has 206 valence electrons. The third-order valence-electron chi connectivity index (χ3n) is 6.45. The second-order valence-electron chi connectivity index (χ2n) is 9.26. The summed E-state index contributed by atoms with van der Waals surface area (Å²) in [6.45, 7) is 0.364. The van der Waals surface area contributed by atoms with Gasteiger partial charge < -0.3 is 19.6 Å². The lowest BCUT2D eigenvalue weighted by atomic mass is 10.0. The number of carbonyl (C=O) groups is 2. The SMILES string of the molecule is COC(=O)CCC(F)(F)CCCN1C(=O)N(Cc2ccccc2)C[C@@H]1/C=C/C(O)C(F)(F)c1ccccc1. The summed E-state index contributed by atoms with van der Waals surface area (Å²) in [6, 6.07) is 15.0. The first-order chi connectivity index (χ1) is 18.0. The van der Waals surface area contributed by atoms with Gasteiger partial charge in [0.1, 0.15) is 6.10 Å². The number of methoxy groups -OCH3 is 1. The molecule has 3 rings (SSSR count). The van der Waals surface area contributed by atoms with E-state index >= 15 is 0 Å². The van der Waals surface area contributed by atoms with Gasteiger partial charge >= 0.3 is 17.9 Å². The van der Waals surface area contributed by atoms with Gasteiger partial charge in [0.2, 0.25) is 5.92 Å². The highest BCUT2D eigenvalue weighted by Crippen LogP contribution is 2.33. The van der Waals surface area contributed by atoms with Crippen LogP contribution in [0.25, 0.3) is 0 Å². The van der Waals surface area contributed by atoms with E-state index in [9.17, 15) is 32.3 Å². The Balaban J connectivity index is 1.70. The average molecular weight is 537 g/mol. The van der Waals surface area contributed by atoms with Crippen molar-refractivity contribution in [1.82, 2.24) is 9.80 Å². The summed E-state index contributed by atoms with van der Waals surface area (Å²) in [5.41, 5.74) is 0.506. The zero-order valence-electron chi connectivity index (χ0n) is 21.1. The molecule has 2 aromatic rings. The van der Waals surface area contributed by atoms with Crippen molar-refractivity contribution < 1.29 is 37.0 Å². The maximum Gasteiger partial charge on any atom is 0.320 e. The van der Waals surface area contributed by atoms with Crippen LogP contribution in [-0.2, 0) is 22.0 Å². The lowest BCUT2D eigenvalue weighted by Gasteiger charge is -2.24. The van der Waals surface area contributed by atoms with Gasteiger partial charge in [-0.25, -0.2) is 13.6 Å². The number of urea groups is 1. The minimum absolute atomic E-state index is 0.0435. The number of rotatable bonds is 13. The van der Waals surface area contributed by atoms with Crippen molar-refractivity contribution in [3.8, 4) is 0 Å². The van der Waals surface area contributed by atoms with E-state index in [2.05, 4.69) is 4.74 Å². The van der Waals surface area contributed by atoms with Crippen molar-refractivity contribution in [3.05, 3.63) is 83.9 Å². The maximum absolute atomic E-state index is 14.7. The van der Waals surface area contributed by atoms with Gasteiger partial charge in [0.15, 0.2) is 0 Å². The maximum atomic E-state index is 14.7. The Bertz CT molecular complexity index is 1080. The second kappa shape index (κ2) is 12.9. The third-order valence-corrected chi connectivity index (χ3v) is 6.45. The Kier molecular flexibility index (Phi) is 9.90. The van der Waals surface area contributed by atoms with Gasteiger partial charge in [-0.05, 0) is 12.0 Å². The van der Waals surface area contributed by atoms with Crippen molar-refractivity contribution in [1.29, 1.82) is 0 Å². The molecule has 2 aromatic carbocycles. The van der Waals surface area contributed by atoms with Crippen molar-refractivity contribution in [2.75, 3.05) is 20.2 Å². The Morgan fingerprint density at radius 3 is 2.34 bits per heavy atom. The number of hydrogen-bond donors (Lipinski definition) is 1. The van der Waals surface area contributed by atoms with E-state index in [1.807, 2.05) is 30.3 Å². The normalized spacial score (nSPS) is 17.3. The van der Waals surface area contributed by atoms with E-state index in [0.717, 1.165) is 18.7 Å². The first-order valence-electron chi connectivity index (χ1n) is 12.4. The molecule has 1 aliphatic rings. The van der Waals surface area contributed by atoms with Crippen molar-refractivity contribution in [2.24, 2.45) is 0 Å². The number of aliphatic hydroxyl groups is 1. The molecule has 0 saturated carbocycles. The Labute approximate surface area is 219 Å². The molecule has 0 aliphatic carbocycles. The van der Waals surface area contributed by atoms with Crippen LogP contribution in [0.5, 0.6) is 0 Å². The number of halogens is 4. The lowest BCUT2D eigenvalue weighted by Crippen LogP contribution is -2.36. The second-order valence-corrected chi connectivity index (χ2v) is 9.26. The van der Waals surface area contributed by atoms with Gasteiger partial charge in [-0.2, -0.15) is 8.78 Å². The number of ether oxygens (including phenoxy) is 1. The molecule has 1 N–H and O–H groups in total. The number of nitrogens with zero attached hydrogens (tertiary/aromatic N) is 2. The predicted molar refractivity (Wildman–Crippen MR) is 134 cm³/mol. The number of benzene rings is 2. The molecule has 1 saturated heterocycles. The monoisotopic (exact) mass is 536 g/mol. The molecule has 38 heavy (non-hydrogen) atoms. The molecule has 10 heteroatoms. The highest BCUT2D eigenvalue weighted by atomic mass is 19.3. The summed E-state index contributed by atoms with van der Waals surface area (Å²) >= 11 is 0. The van der Waals surface area contributed by atoms with Crippen LogP contribution < -0.4 is 0 Å². The molecule has 1 aliphatic heterocycles. The number of amides is 2. The van der Waals surface area contributed by atoms with Crippen LogP contribution in [-0.4, -0.2) is 65.2 Å². The van der Waals surface area contributed by atoms with E-state index in [1.54, 1.807) is 6.07 Å². The van der Waals surface area contributed by atoms with Gasteiger partial charge in [-0.3, -0.25) is 4.79 Å². The Hall–Kier alpha value is -3.40. The first-order valence-corrected chi connectivity index (χ1v) is 12.4. The molecule has 6 nitrogen and oxygen atoms in total. The van der Waals surface area contributed by atoms with Crippen LogP contribution in [0.2, 0.25) is 0 Å². The molecular weight excluding hydrogens is 504 g/mol. The minimum atomic E-state index is -3.56. The summed E-state index contributed by atoms with van der Waals surface area (Å²) in [7, 11) is 1.13. The largest absolute Gasteiger partial charge is 0.469 e. The van der Waals surface area contributed by atoms with Gasteiger partial charge in [0.25, 0.3) is 0 Å². The highest BCUT2D eigenvalue weighted by Gasteiger charge is 2.40. The molecular formula is C28H32F4N2O4. The zero-order valence-corrected chi connectivity index (χ0v) is 21.1. The van der Waals surface area contributed by atoms with Crippen LogP contribution >= 0.6 is 0 Å². The highest BCUT2D eigenvalue weighted by molar-refractivity contribution is 5.77. The fraction of sp³-hybridized carbons (Fsp3) is 0.429. The molecule has 1 heterocycles. The summed E-state index contributed by atoms with van der Waals surface area (Å²) in [6.07, 6.45) is -1.57. The average Bonchev–Trinajstić information content (AvgIpc) is 3.20. The van der Waals surface area contributed by atoms with E-state index in [1.165, 1.54) is 40.1 Å². The summed E-state index contributed by atoms with van der Waals surface area (Å²) in [4.78, 5) is 27.2. The third kappa shape index (κ3) is 7.80. The van der Waals surface area contributed by atoms with Crippen LogP contribution in [0.3, 0.4) is 0 Å². The van der Waals surface area contributed by atoms with Crippen LogP contribution in [0.4, 0.5) is 22.4 Å². The zero-order chi connectivity index (χ0) is 27.8. The fourth-order valence-corrected chi connectivity index (χ4v) is 4.29. The van der Waals surface area contributed by atoms with E-state index < -0.39 is 55.3 Å². The molecule has 1 unspecified atom stereocenters. The Morgan fingerprint density at radius 2 is 1.71 bits per heavy atom. The van der Waals surface area contributed by atoms with Crippen molar-refractivity contribution in [2.45, 2.75) is 56.2 Å². The summed E-state index contributed by atoms with van der Waals surface area (Å²) < 4.78 is 62.4. The van der Waals surface area contributed by atoms with Crippen molar-refractivity contribution >= 4 is 12.0 Å². The molecule has 0 aromatic heterocycles. The van der Waals surface area contributed by atoms with Gasteiger partial charge in [-0.15, -0.1) is 0 Å². The summed E-state index contributed by atoms with van der Waals surface area (Å²) in [5, 5.41) is 10.3. The minimum Gasteiger partial charge on any atom is -0.469 e. The number of aliphatic hydroxyl groups excluding tert-OH is 1. The van der Waals surface area contributed by atoms with E-state index in [-0.39, 0.29) is 31.6 Å². The number of alkyl halides is 4. The molecule has 2 amide bonds. The van der Waals surface area contributed by atoms with Crippen molar-refractivity contribution in [3.63, 3.8) is 0 Å². The lowest BCUT2D eigenvalue weighted by molar-refractivity contribution is -0.143.